The van der Waals surface area contributed by atoms with Gasteiger partial charge in [0.25, 0.3) is 0 Å². The maximum absolute atomic E-state index is 11.2. The molecule has 0 aromatic heterocycles. The first-order chi connectivity index (χ1) is 8.04. The first kappa shape index (κ1) is 13.9. The Kier molecular flexibility index (Phi) is 5.35. The Labute approximate surface area is 107 Å². The van der Waals surface area contributed by atoms with Crippen molar-refractivity contribution in [3.63, 3.8) is 0 Å². The van der Waals surface area contributed by atoms with Gasteiger partial charge in [-0.3, -0.25) is 4.79 Å². The Morgan fingerprint density at radius 3 is 2.76 bits per heavy atom. The van der Waals surface area contributed by atoms with Gasteiger partial charge in [0.1, 0.15) is 0 Å². The summed E-state index contributed by atoms with van der Waals surface area (Å²) in [5, 5.41) is 3.96. The number of nitrogens with two attached hydrogens (primary N) is 1. The van der Waals surface area contributed by atoms with Gasteiger partial charge in [-0.05, 0) is 37.8 Å². The number of nitrogen functional groups attached to an aromatic ring is 1. The number of hydrogen-bond acceptors (Lipinski definition) is 4. The average Bonchev–Trinajstić information content (AvgIpc) is 2.28. The van der Waals surface area contributed by atoms with Crippen LogP contribution in [0.1, 0.15) is 30.6 Å². The van der Waals surface area contributed by atoms with Crippen LogP contribution in [0.25, 0.3) is 0 Å². The summed E-state index contributed by atoms with van der Waals surface area (Å²) in [6, 6.07) is 5.50. The minimum absolute atomic E-state index is 0.00468. The fraction of sp³-hybridized carbons (Fsp3) is 0.462. The number of ketones is 1. The number of carbonyl (C=O) groups excluding carboxylic acids is 1. The van der Waals surface area contributed by atoms with Gasteiger partial charge in [0.05, 0.1) is 0 Å². The zero-order valence-corrected chi connectivity index (χ0v) is 11.4. The minimum atomic E-state index is 0.00468. The molecule has 3 N–H and O–H groups in total. The summed E-state index contributed by atoms with van der Waals surface area (Å²) in [5.41, 5.74) is 7.92. The first-order valence-electron chi connectivity index (χ1n) is 5.71. The summed E-state index contributed by atoms with van der Waals surface area (Å²) < 4.78 is 0. The molecule has 0 saturated heterocycles. The second-order valence-corrected chi connectivity index (χ2v) is 5.40. The molecule has 0 aliphatic carbocycles. The molecular formula is C13H20N2OS. The third-order valence-electron chi connectivity index (χ3n) is 2.71. The van der Waals surface area contributed by atoms with Crippen LogP contribution in [0.4, 0.5) is 11.4 Å². The van der Waals surface area contributed by atoms with E-state index in [2.05, 4.69) is 18.5 Å². The van der Waals surface area contributed by atoms with Gasteiger partial charge in [-0.15, -0.1) is 0 Å². The van der Waals surface area contributed by atoms with Crippen LogP contribution in [0.15, 0.2) is 18.2 Å². The topological polar surface area (TPSA) is 55.1 Å². The van der Waals surface area contributed by atoms with Crippen molar-refractivity contribution in [3.05, 3.63) is 23.8 Å². The Hall–Kier alpha value is -1.16. The number of Topliss-reactive ketones (excluding diaryl/α,β-unsaturated/α-hetero) is 1. The highest BCUT2D eigenvalue weighted by Crippen LogP contribution is 2.19. The molecule has 1 atom stereocenters. The number of carbonyl (C=O) groups is 1. The Morgan fingerprint density at radius 2 is 2.24 bits per heavy atom. The van der Waals surface area contributed by atoms with E-state index >= 15 is 0 Å². The molecule has 1 rings (SSSR count). The molecule has 1 aromatic carbocycles. The maximum Gasteiger partial charge on any atom is 0.161 e. The van der Waals surface area contributed by atoms with E-state index in [0.29, 0.717) is 16.5 Å². The van der Waals surface area contributed by atoms with Gasteiger partial charge in [-0.1, -0.05) is 6.92 Å². The molecule has 4 heteroatoms. The number of hydrogen-bond donors (Lipinski definition) is 2. The summed E-state index contributed by atoms with van der Waals surface area (Å²) in [4.78, 5) is 11.2. The van der Waals surface area contributed by atoms with Gasteiger partial charge < -0.3 is 11.1 Å². The second kappa shape index (κ2) is 6.55. The number of anilines is 2. The Bertz CT molecular complexity index is 393. The Morgan fingerprint density at radius 1 is 1.53 bits per heavy atom. The molecule has 0 aliphatic rings. The van der Waals surface area contributed by atoms with E-state index in [1.54, 1.807) is 6.07 Å². The molecular weight excluding hydrogens is 232 g/mol. The number of nitrogens with one attached hydrogen (secondary N) is 1. The van der Waals surface area contributed by atoms with Gasteiger partial charge in [0.15, 0.2) is 5.78 Å². The Balaban J connectivity index is 2.56. The van der Waals surface area contributed by atoms with Crippen LogP contribution in [-0.4, -0.2) is 23.8 Å². The molecule has 0 radical (unpaired) electrons. The van der Waals surface area contributed by atoms with E-state index in [4.69, 9.17) is 5.73 Å². The number of rotatable bonds is 6. The fourth-order valence-electron chi connectivity index (χ4n) is 1.53. The highest BCUT2D eigenvalue weighted by atomic mass is 32.2. The van der Waals surface area contributed by atoms with Crippen molar-refractivity contribution in [3.8, 4) is 0 Å². The average molecular weight is 252 g/mol. The molecule has 0 fully saturated rings. The molecule has 17 heavy (non-hydrogen) atoms. The highest BCUT2D eigenvalue weighted by Gasteiger charge is 2.05. The van der Waals surface area contributed by atoms with Crippen molar-refractivity contribution in [2.75, 3.05) is 23.9 Å². The summed E-state index contributed by atoms with van der Waals surface area (Å²) in [7, 11) is 0. The monoisotopic (exact) mass is 252 g/mol. The zero-order valence-electron chi connectivity index (χ0n) is 10.6. The summed E-state index contributed by atoms with van der Waals surface area (Å²) >= 11 is 1.86. The van der Waals surface area contributed by atoms with E-state index < -0.39 is 0 Å². The van der Waals surface area contributed by atoms with Gasteiger partial charge >= 0.3 is 0 Å². The van der Waals surface area contributed by atoms with E-state index in [9.17, 15) is 4.79 Å². The predicted molar refractivity (Wildman–Crippen MR) is 76.9 cm³/mol. The summed E-state index contributed by atoms with van der Waals surface area (Å²) in [5.74, 6) is 0.00468. The van der Waals surface area contributed by atoms with Crippen LogP contribution in [0, 0.1) is 0 Å². The van der Waals surface area contributed by atoms with Gasteiger partial charge in [0.2, 0.25) is 0 Å². The molecule has 0 spiro atoms. The molecule has 94 valence electrons. The van der Waals surface area contributed by atoms with Crippen LogP contribution in [0.3, 0.4) is 0 Å². The predicted octanol–water partition coefficient (Wildman–Crippen LogP) is 3.02. The quantitative estimate of drug-likeness (QED) is 0.603. The lowest BCUT2D eigenvalue weighted by molar-refractivity contribution is 0.101. The van der Waals surface area contributed by atoms with E-state index in [0.717, 1.165) is 18.7 Å². The molecule has 0 saturated carbocycles. The molecule has 1 unspecified atom stereocenters. The highest BCUT2D eigenvalue weighted by molar-refractivity contribution is 7.99. The summed E-state index contributed by atoms with van der Waals surface area (Å²) in [6.07, 6.45) is 3.22. The number of benzene rings is 1. The molecule has 1 aromatic rings. The van der Waals surface area contributed by atoms with Gasteiger partial charge in [0, 0.05) is 28.7 Å². The standard InChI is InChI=1S/C13H20N2OS/c1-9(17-3)6-7-15-11-4-5-12(10(2)16)13(14)8-11/h4-5,8-9,15H,6-7,14H2,1-3H3. The fourth-order valence-corrected chi connectivity index (χ4v) is 1.88. The smallest absolute Gasteiger partial charge is 0.161 e. The van der Waals surface area contributed by atoms with Crippen molar-refractivity contribution in [1.82, 2.24) is 0 Å². The molecule has 3 nitrogen and oxygen atoms in total. The van der Waals surface area contributed by atoms with E-state index in [1.807, 2.05) is 23.9 Å². The van der Waals surface area contributed by atoms with Crippen LogP contribution in [0.2, 0.25) is 0 Å². The lowest BCUT2D eigenvalue weighted by Gasteiger charge is -2.11. The normalized spacial score (nSPS) is 12.2. The van der Waals surface area contributed by atoms with Crippen molar-refractivity contribution in [1.29, 1.82) is 0 Å². The molecule has 0 amide bonds. The maximum atomic E-state index is 11.2. The van der Waals surface area contributed by atoms with Crippen molar-refractivity contribution >= 4 is 28.9 Å². The van der Waals surface area contributed by atoms with Crippen LogP contribution >= 0.6 is 11.8 Å². The number of thioether (sulfide) groups is 1. The minimum Gasteiger partial charge on any atom is -0.398 e. The third-order valence-corrected chi connectivity index (χ3v) is 3.75. The zero-order chi connectivity index (χ0) is 12.8. The lowest BCUT2D eigenvalue weighted by Crippen LogP contribution is -2.08. The van der Waals surface area contributed by atoms with E-state index in [1.165, 1.54) is 6.92 Å². The summed E-state index contributed by atoms with van der Waals surface area (Å²) in [6.45, 7) is 4.65. The molecule has 0 bridgehead atoms. The second-order valence-electron chi connectivity index (χ2n) is 4.12. The van der Waals surface area contributed by atoms with Crippen LogP contribution < -0.4 is 11.1 Å². The van der Waals surface area contributed by atoms with Gasteiger partial charge in [-0.2, -0.15) is 11.8 Å². The third kappa shape index (κ3) is 4.30. The SMILES string of the molecule is CSC(C)CCNc1ccc(C(C)=O)c(N)c1. The largest absolute Gasteiger partial charge is 0.398 e. The molecule has 0 heterocycles. The van der Waals surface area contributed by atoms with Crippen LogP contribution in [0.5, 0.6) is 0 Å². The van der Waals surface area contributed by atoms with Crippen molar-refractivity contribution in [2.24, 2.45) is 0 Å². The van der Waals surface area contributed by atoms with E-state index in [-0.39, 0.29) is 5.78 Å². The van der Waals surface area contributed by atoms with Crippen molar-refractivity contribution in [2.45, 2.75) is 25.5 Å². The van der Waals surface area contributed by atoms with Gasteiger partial charge in [-0.25, -0.2) is 0 Å². The van der Waals surface area contributed by atoms with Crippen molar-refractivity contribution < 1.29 is 4.79 Å². The molecule has 0 aliphatic heterocycles. The lowest BCUT2D eigenvalue weighted by atomic mass is 10.1. The first-order valence-corrected chi connectivity index (χ1v) is 7.00. The van der Waals surface area contributed by atoms with Crippen LogP contribution in [-0.2, 0) is 0 Å².